The lowest BCUT2D eigenvalue weighted by Crippen LogP contribution is -2.42. The molecule has 0 unspecified atom stereocenters. The molecule has 1 fully saturated rings. The van der Waals surface area contributed by atoms with Crippen molar-refractivity contribution in [2.45, 2.75) is 19.3 Å². The number of fused-ring (bicyclic) bond motifs is 1. The van der Waals surface area contributed by atoms with E-state index in [0.29, 0.717) is 30.5 Å². The van der Waals surface area contributed by atoms with Gasteiger partial charge in [0, 0.05) is 31.9 Å². The molecule has 2 aliphatic heterocycles. The number of para-hydroxylation sites is 1. The fourth-order valence-electron chi connectivity index (χ4n) is 4.61. The van der Waals surface area contributed by atoms with Crippen LogP contribution in [0.3, 0.4) is 0 Å². The highest BCUT2D eigenvalue weighted by Crippen LogP contribution is 2.30. The summed E-state index contributed by atoms with van der Waals surface area (Å²) in [6, 6.07) is 15.5. The minimum Gasteiger partial charge on any atom is -0.463 e. The zero-order valence-corrected chi connectivity index (χ0v) is 16.8. The van der Waals surface area contributed by atoms with Crippen molar-refractivity contribution in [3.05, 3.63) is 76.3 Å². The van der Waals surface area contributed by atoms with Crippen molar-refractivity contribution in [3.63, 3.8) is 0 Å². The third kappa shape index (κ3) is 3.54. The number of hydrogen-bond donors (Lipinski definition) is 1. The Morgan fingerprint density at radius 3 is 2.63 bits per heavy atom. The van der Waals surface area contributed by atoms with E-state index >= 15 is 0 Å². The zero-order chi connectivity index (χ0) is 20.5. The molecule has 3 aromatic rings. The number of benzene rings is 1. The Kier molecular flexibility index (Phi) is 4.91. The summed E-state index contributed by atoms with van der Waals surface area (Å²) in [5.41, 5.74) is 3.19. The zero-order valence-electron chi connectivity index (χ0n) is 16.8. The van der Waals surface area contributed by atoms with Crippen molar-refractivity contribution in [1.82, 2.24) is 9.88 Å². The molecule has 0 spiro atoms. The molecule has 4 heterocycles. The number of nitrogens with one attached hydrogen (secondary N) is 1. The standard InChI is InChI=1S/C24H25N3O3/c28-23-19(7-8-20(25-23)22-6-3-15-30-22)24(29)26-12-9-17(10-13-26)16-27-14-11-18-4-1-2-5-21(18)27/h1-8,15,17H,9-14,16H2,(H,25,28). The Bertz CT molecular complexity index is 1090. The molecule has 6 heteroatoms. The Morgan fingerprint density at radius 2 is 1.87 bits per heavy atom. The molecule has 2 aromatic heterocycles. The highest BCUT2D eigenvalue weighted by Gasteiger charge is 2.28. The number of amides is 1. The van der Waals surface area contributed by atoms with Gasteiger partial charge in [-0.05, 0) is 61.1 Å². The maximum absolute atomic E-state index is 12.9. The molecule has 0 aliphatic carbocycles. The number of H-pyrrole nitrogens is 1. The van der Waals surface area contributed by atoms with E-state index in [9.17, 15) is 9.59 Å². The molecule has 0 radical (unpaired) electrons. The minimum atomic E-state index is -0.371. The number of aromatic amines is 1. The fraction of sp³-hybridized carbons (Fsp3) is 0.333. The number of furan rings is 1. The lowest BCUT2D eigenvalue weighted by molar-refractivity contribution is 0.0691. The van der Waals surface area contributed by atoms with Crippen LogP contribution in [0.5, 0.6) is 0 Å². The summed E-state index contributed by atoms with van der Waals surface area (Å²) in [4.78, 5) is 32.4. The van der Waals surface area contributed by atoms with Gasteiger partial charge in [0.15, 0.2) is 0 Å². The minimum absolute atomic E-state index is 0.188. The Morgan fingerprint density at radius 1 is 1.03 bits per heavy atom. The number of rotatable bonds is 4. The number of aromatic nitrogens is 1. The van der Waals surface area contributed by atoms with Gasteiger partial charge < -0.3 is 19.2 Å². The number of hydrogen-bond acceptors (Lipinski definition) is 4. The van der Waals surface area contributed by atoms with Crippen LogP contribution >= 0.6 is 0 Å². The average Bonchev–Trinajstić information content (AvgIpc) is 3.45. The lowest BCUT2D eigenvalue weighted by Gasteiger charge is -2.34. The van der Waals surface area contributed by atoms with E-state index in [1.165, 1.54) is 11.3 Å². The first-order valence-electron chi connectivity index (χ1n) is 10.6. The van der Waals surface area contributed by atoms with Gasteiger partial charge in [-0.25, -0.2) is 0 Å². The molecule has 30 heavy (non-hydrogen) atoms. The molecule has 1 aromatic carbocycles. The number of carbonyl (C=O) groups is 1. The van der Waals surface area contributed by atoms with Crippen LogP contribution in [0.2, 0.25) is 0 Å². The number of anilines is 1. The van der Waals surface area contributed by atoms with E-state index in [-0.39, 0.29) is 17.0 Å². The lowest BCUT2D eigenvalue weighted by atomic mass is 9.95. The number of likely N-dealkylation sites (tertiary alicyclic amines) is 1. The molecule has 6 nitrogen and oxygen atoms in total. The quantitative estimate of drug-likeness (QED) is 0.723. The van der Waals surface area contributed by atoms with Crippen LogP contribution in [0.25, 0.3) is 11.5 Å². The van der Waals surface area contributed by atoms with Crippen LogP contribution < -0.4 is 10.5 Å². The number of piperidine rings is 1. The van der Waals surface area contributed by atoms with E-state index in [0.717, 1.165) is 32.4 Å². The largest absolute Gasteiger partial charge is 0.463 e. The highest BCUT2D eigenvalue weighted by atomic mass is 16.3. The van der Waals surface area contributed by atoms with Crippen LogP contribution in [0.4, 0.5) is 5.69 Å². The van der Waals surface area contributed by atoms with Crippen LogP contribution in [0.15, 0.2) is 64.0 Å². The number of carbonyl (C=O) groups excluding carboxylic acids is 1. The first-order chi connectivity index (χ1) is 14.7. The van der Waals surface area contributed by atoms with Crippen molar-refractivity contribution in [2.24, 2.45) is 5.92 Å². The molecule has 154 valence electrons. The van der Waals surface area contributed by atoms with Crippen LogP contribution in [0, 0.1) is 5.92 Å². The van der Waals surface area contributed by atoms with Crippen molar-refractivity contribution in [3.8, 4) is 11.5 Å². The van der Waals surface area contributed by atoms with Gasteiger partial charge in [-0.2, -0.15) is 0 Å². The first kappa shape index (κ1) is 18.7. The molecule has 0 bridgehead atoms. The molecule has 0 atom stereocenters. The summed E-state index contributed by atoms with van der Waals surface area (Å²) in [7, 11) is 0. The Hall–Kier alpha value is -3.28. The van der Waals surface area contributed by atoms with Gasteiger partial charge in [0.25, 0.3) is 11.5 Å². The van der Waals surface area contributed by atoms with E-state index < -0.39 is 0 Å². The van der Waals surface area contributed by atoms with Gasteiger partial charge in [-0.1, -0.05) is 18.2 Å². The smallest absolute Gasteiger partial charge is 0.261 e. The van der Waals surface area contributed by atoms with Crippen molar-refractivity contribution in [1.29, 1.82) is 0 Å². The Balaban J connectivity index is 1.21. The van der Waals surface area contributed by atoms with Crippen molar-refractivity contribution < 1.29 is 9.21 Å². The second-order valence-electron chi connectivity index (χ2n) is 8.15. The second-order valence-corrected chi connectivity index (χ2v) is 8.15. The molecule has 0 saturated carbocycles. The SMILES string of the molecule is O=C(c1ccc(-c2ccco2)[nH]c1=O)N1CCC(CN2CCc3ccccc32)CC1. The molecule has 5 rings (SSSR count). The monoisotopic (exact) mass is 403 g/mol. The van der Waals surface area contributed by atoms with Crippen LogP contribution in [-0.4, -0.2) is 42.0 Å². The van der Waals surface area contributed by atoms with E-state index in [4.69, 9.17) is 4.42 Å². The molecular weight excluding hydrogens is 378 g/mol. The number of pyridine rings is 1. The fourth-order valence-corrected chi connectivity index (χ4v) is 4.61. The highest BCUT2D eigenvalue weighted by molar-refractivity contribution is 5.94. The molecule has 1 N–H and O–H groups in total. The molecule has 1 saturated heterocycles. The molecular formula is C24H25N3O3. The summed E-state index contributed by atoms with van der Waals surface area (Å²) in [5.74, 6) is 0.961. The summed E-state index contributed by atoms with van der Waals surface area (Å²) in [6.07, 6.45) is 4.60. The maximum atomic E-state index is 12.9. The molecule has 2 aliphatic rings. The average molecular weight is 403 g/mol. The summed E-state index contributed by atoms with van der Waals surface area (Å²) in [6.45, 7) is 3.50. The first-order valence-corrected chi connectivity index (χ1v) is 10.6. The summed E-state index contributed by atoms with van der Waals surface area (Å²) >= 11 is 0. The van der Waals surface area contributed by atoms with Crippen molar-refractivity contribution in [2.75, 3.05) is 31.1 Å². The summed E-state index contributed by atoms with van der Waals surface area (Å²) in [5, 5.41) is 0. The normalized spacial score (nSPS) is 16.7. The summed E-state index contributed by atoms with van der Waals surface area (Å²) < 4.78 is 5.31. The Labute approximate surface area is 175 Å². The van der Waals surface area contributed by atoms with Crippen LogP contribution in [0.1, 0.15) is 28.8 Å². The topological polar surface area (TPSA) is 69.5 Å². The van der Waals surface area contributed by atoms with Crippen molar-refractivity contribution >= 4 is 11.6 Å². The predicted molar refractivity (Wildman–Crippen MR) is 116 cm³/mol. The third-order valence-electron chi connectivity index (χ3n) is 6.29. The molecule has 1 amide bonds. The van der Waals surface area contributed by atoms with Gasteiger partial charge in [-0.3, -0.25) is 9.59 Å². The van der Waals surface area contributed by atoms with E-state index in [1.54, 1.807) is 30.5 Å². The van der Waals surface area contributed by atoms with Crippen LogP contribution in [-0.2, 0) is 6.42 Å². The van der Waals surface area contributed by atoms with Gasteiger partial charge in [0.2, 0.25) is 0 Å². The van der Waals surface area contributed by atoms with E-state index in [2.05, 4.69) is 34.1 Å². The predicted octanol–water partition coefficient (Wildman–Crippen LogP) is 3.55. The third-order valence-corrected chi connectivity index (χ3v) is 6.29. The maximum Gasteiger partial charge on any atom is 0.261 e. The van der Waals surface area contributed by atoms with Gasteiger partial charge in [-0.15, -0.1) is 0 Å². The van der Waals surface area contributed by atoms with Gasteiger partial charge in [0.1, 0.15) is 11.3 Å². The number of nitrogens with zero attached hydrogens (tertiary/aromatic N) is 2. The second kappa shape index (κ2) is 7.86. The van der Waals surface area contributed by atoms with Gasteiger partial charge in [0.05, 0.1) is 12.0 Å². The van der Waals surface area contributed by atoms with Gasteiger partial charge >= 0.3 is 0 Å². The van der Waals surface area contributed by atoms with E-state index in [1.807, 2.05) is 4.90 Å².